The summed E-state index contributed by atoms with van der Waals surface area (Å²) in [4.78, 5) is 35.6. The topological polar surface area (TPSA) is 90.9 Å². The summed E-state index contributed by atoms with van der Waals surface area (Å²) in [6, 6.07) is 12.4. The highest BCUT2D eigenvalue weighted by Crippen LogP contribution is 2.28. The number of methoxy groups -OCH3 is 2. The maximum Gasteiger partial charge on any atom is 0.286 e. The zero-order valence-corrected chi connectivity index (χ0v) is 17.4. The number of carbonyl (C=O) groups excluding carboxylic acids is 3. The van der Waals surface area contributed by atoms with Crippen LogP contribution in [0.4, 0.5) is 4.79 Å². The Hall–Kier alpha value is -3.10. The second kappa shape index (κ2) is 10.1. The van der Waals surface area contributed by atoms with E-state index in [4.69, 9.17) is 14.2 Å². The molecule has 0 saturated carbocycles. The molecular formula is C22H21NO6S. The lowest BCUT2D eigenvalue weighted by Crippen LogP contribution is -2.25. The van der Waals surface area contributed by atoms with E-state index in [0.717, 1.165) is 22.9 Å². The maximum atomic E-state index is 12.6. The van der Waals surface area contributed by atoms with Crippen molar-refractivity contribution in [1.82, 2.24) is 5.32 Å². The number of carbonyl (C=O) groups is 3. The van der Waals surface area contributed by atoms with Crippen LogP contribution in [-0.2, 0) is 16.0 Å². The van der Waals surface area contributed by atoms with Crippen molar-refractivity contribution in [2.75, 3.05) is 21.0 Å². The van der Waals surface area contributed by atoms with E-state index >= 15 is 0 Å². The molecule has 1 saturated heterocycles. The summed E-state index contributed by atoms with van der Waals surface area (Å²) in [5.74, 6) is 0.608. The number of allylic oxidation sites excluding steroid dienone is 1. The average molecular weight is 427 g/mol. The minimum Gasteiger partial charge on any atom is -0.493 e. The molecule has 0 aliphatic carbocycles. The molecule has 0 bridgehead atoms. The van der Waals surface area contributed by atoms with Gasteiger partial charge < -0.3 is 14.2 Å². The number of ether oxygens (including phenoxy) is 3. The fraction of sp³-hybridized carbons (Fsp3) is 0.227. The highest BCUT2D eigenvalue weighted by molar-refractivity contribution is 8.15. The van der Waals surface area contributed by atoms with Gasteiger partial charge in [0.2, 0.25) is 5.91 Å². The third kappa shape index (κ3) is 5.49. The Kier molecular flexibility index (Phi) is 7.26. The van der Waals surface area contributed by atoms with Crippen LogP contribution in [0.2, 0.25) is 0 Å². The number of hydrogen-bond acceptors (Lipinski definition) is 7. The number of nitrogens with one attached hydrogen (secondary N) is 1. The first-order chi connectivity index (χ1) is 14.5. The van der Waals surface area contributed by atoms with E-state index in [1.54, 1.807) is 42.5 Å². The quantitative estimate of drug-likeness (QED) is 0.372. The third-order valence-corrected chi connectivity index (χ3v) is 5.33. The molecular weight excluding hydrogens is 406 g/mol. The van der Waals surface area contributed by atoms with Crippen LogP contribution in [0, 0.1) is 0 Å². The van der Waals surface area contributed by atoms with Gasteiger partial charge in [-0.05, 0) is 41.8 Å². The monoisotopic (exact) mass is 427 g/mol. The number of hydrogen-bond donors (Lipinski definition) is 1. The fourth-order valence-electron chi connectivity index (χ4n) is 2.89. The second-order valence-electron chi connectivity index (χ2n) is 6.45. The Labute approximate surface area is 178 Å². The van der Waals surface area contributed by atoms with E-state index in [0.29, 0.717) is 23.5 Å². The van der Waals surface area contributed by atoms with Crippen LogP contribution in [0.3, 0.4) is 0 Å². The van der Waals surface area contributed by atoms with E-state index in [1.807, 2.05) is 6.07 Å². The zero-order valence-electron chi connectivity index (χ0n) is 16.5. The number of ketones is 1. The number of amides is 2. The molecule has 0 spiro atoms. The zero-order chi connectivity index (χ0) is 21.5. The smallest absolute Gasteiger partial charge is 0.286 e. The van der Waals surface area contributed by atoms with Gasteiger partial charge in [-0.25, -0.2) is 0 Å². The van der Waals surface area contributed by atoms with Gasteiger partial charge in [0, 0.05) is 12.7 Å². The van der Waals surface area contributed by atoms with Crippen molar-refractivity contribution in [3.8, 4) is 11.5 Å². The van der Waals surface area contributed by atoms with Crippen LogP contribution in [0.15, 0.2) is 48.5 Å². The first-order valence-electron chi connectivity index (χ1n) is 9.12. The van der Waals surface area contributed by atoms with Gasteiger partial charge in [0.1, 0.15) is 0 Å². The largest absolute Gasteiger partial charge is 0.493 e. The van der Waals surface area contributed by atoms with Crippen molar-refractivity contribution in [1.29, 1.82) is 0 Å². The molecule has 0 radical (unpaired) electrons. The van der Waals surface area contributed by atoms with Gasteiger partial charge in [-0.3, -0.25) is 19.7 Å². The van der Waals surface area contributed by atoms with Crippen LogP contribution in [0.25, 0.3) is 6.08 Å². The first kappa shape index (κ1) is 21.6. The maximum absolute atomic E-state index is 12.6. The van der Waals surface area contributed by atoms with Gasteiger partial charge in [-0.2, -0.15) is 0 Å². The third-order valence-electron chi connectivity index (χ3n) is 4.35. The van der Waals surface area contributed by atoms with E-state index in [-0.39, 0.29) is 23.7 Å². The molecule has 1 atom stereocenters. The number of rotatable bonds is 9. The van der Waals surface area contributed by atoms with Crippen LogP contribution in [0.1, 0.15) is 21.5 Å². The summed E-state index contributed by atoms with van der Waals surface area (Å²) in [7, 11) is 3.07. The van der Waals surface area contributed by atoms with Crippen LogP contribution in [0.5, 0.6) is 11.5 Å². The summed E-state index contributed by atoms with van der Waals surface area (Å²) >= 11 is 0.971. The first-order valence-corrected chi connectivity index (χ1v) is 10.0. The van der Waals surface area contributed by atoms with Crippen molar-refractivity contribution in [2.24, 2.45) is 0 Å². The lowest BCUT2D eigenvalue weighted by atomic mass is 10.0. The molecule has 3 rings (SSSR count). The molecule has 1 aliphatic rings. The van der Waals surface area contributed by atoms with Gasteiger partial charge >= 0.3 is 0 Å². The van der Waals surface area contributed by atoms with Gasteiger partial charge in [-0.15, -0.1) is 0 Å². The molecule has 7 nitrogen and oxygen atoms in total. The van der Waals surface area contributed by atoms with Crippen molar-refractivity contribution >= 4 is 34.8 Å². The van der Waals surface area contributed by atoms with Gasteiger partial charge in [0.15, 0.2) is 24.1 Å². The minimum absolute atomic E-state index is 0.107. The molecule has 30 heavy (non-hydrogen) atoms. The van der Waals surface area contributed by atoms with Gasteiger partial charge in [0.25, 0.3) is 5.24 Å². The summed E-state index contributed by atoms with van der Waals surface area (Å²) in [6.45, 7) is 0.107. The van der Waals surface area contributed by atoms with Crippen molar-refractivity contribution in [3.05, 3.63) is 65.2 Å². The highest BCUT2D eigenvalue weighted by Gasteiger charge is 2.31. The van der Waals surface area contributed by atoms with E-state index < -0.39 is 5.25 Å². The molecule has 1 aliphatic heterocycles. The van der Waals surface area contributed by atoms with E-state index in [1.165, 1.54) is 20.3 Å². The molecule has 0 aromatic heterocycles. The number of thioether (sulfide) groups is 1. The molecule has 8 heteroatoms. The van der Waals surface area contributed by atoms with Crippen LogP contribution >= 0.6 is 11.8 Å². The Bertz CT molecular complexity index is 987. The lowest BCUT2D eigenvalue weighted by Gasteiger charge is -2.10. The normalized spacial score (nSPS) is 16.0. The number of imide groups is 1. The van der Waals surface area contributed by atoms with Crippen LogP contribution in [-0.4, -0.2) is 43.2 Å². The molecule has 1 N–H and O–H groups in total. The van der Waals surface area contributed by atoms with Crippen molar-refractivity contribution < 1.29 is 28.6 Å². The van der Waals surface area contributed by atoms with Gasteiger partial charge in [-0.1, -0.05) is 42.1 Å². The molecule has 1 heterocycles. The molecule has 1 fully saturated rings. The molecule has 2 aromatic rings. The SMILES string of the molecule is COCOc1ccc(C=CC(=O)c2cccc(CC3SC(=O)NC3=O)c2)cc1OC. The minimum atomic E-state index is -0.468. The van der Waals surface area contributed by atoms with Crippen molar-refractivity contribution in [2.45, 2.75) is 11.7 Å². The second-order valence-corrected chi connectivity index (χ2v) is 7.62. The lowest BCUT2D eigenvalue weighted by molar-refractivity contribution is -0.118. The van der Waals surface area contributed by atoms with Crippen molar-refractivity contribution in [3.63, 3.8) is 0 Å². The van der Waals surface area contributed by atoms with E-state index in [2.05, 4.69) is 5.32 Å². The van der Waals surface area contributed by atoms with Gasteiger partial charge in [0.05, 0.1) is 12.4 Å². The highest BCUT2D eigenvalue weighted by atomic mass is 32.2. The Balaban J connectivity index is 1.69. The number of benzene rings is 2. The summed E-state index contributed by atoms with van der Waals surface area (Å²) in [5.41, 5.74) is 2.10. The molecule has 1 unspecified atom stereocenters. The molecule has 2 amide bonds. The van der Waals surface area contributed by atoms with E-state index in [9.17, 15) is 14.4 Å². The Morgan fingerprint density at radius 2 is 1.97 bits per heavy atom. The predicted molar refractivity (Wildman–Crippen MR) is 114 cm³/mol. The Morgan fingerprint density at radius 1 is 1.13 bits per heavy atom. The average Bonchev–Trinajstić information content (AvgIpc) is 3.07. The standard InChI is InChI=1S/C22H21NO6S/c1-27-13-29-18-9-7-14(11-19(18)28-2)6-8-17(24)16-5-3-4-15(10-16)12-20-21(25)23-22(26)30-20/h3-11,20H,12-13H2,1-2H3,(H,23,25,26). The van der Waals surface area contributed by atoms with Crippen LogP contribution < -0.4 is 14.8 Å². The molecule has 2 aromatic carbocycles. The summed E-state index contributed by atoms with van der Waals surface area (Å²) in [6.07, 6.45) is 3.55. The predicted octanol–water partition coefficient (Wildman–Crippen LogP) is 3.47. The Morgan fingerprint density at radius 3 is 2.67 bits per heavy atom. The summed E-state index contributed by atoms with van der Waals surface area (Å²) in [5, 5.41) is 1.46. The fourth-order valence-corrected chi connectivity index (χ4v) is 3.75. The summed E-state index contributed by atoms with van der Waals surface area (Å²) < 4.78 is 15.6. The molecule has 156 valence electrons.